The predicted molar refractivity (Wildman–Crippen MR) is 87.5 cm³/mol. The number of carbonyl (C=O) groups is 1. The third kappa shape index (κ3) is 3.37. The summed E-state index contributed by atoms with van der Waals surface area (Å²) in [6, 6.07) is 11.3. The molecule has 0 fully saturated rings. The molecule has 3 aromatic rings. The van der Waals surface area contributed by atoms with Gasteiger partial charge in [-0.2, -0.15) is 0 Å². The van der Waals surface area contributed by atoms with E-state index in [1.54, 1.807) is 6.92 Å². The molecule has 0 N–H and O–H groups in total. The molecule has 0 aliphatic heterocycles. The number of nitrogens with zero attached hydrogens (tertiary/aromatic N) is 2. The van der Waals surface area contributed by atoms with Gasteiger partial charge in [-0.05, 0) is 53.2 Å². The average Bonchev–Trinajstić information content (AvgIpc) is 2.54. The number of esters is 1. The third-order valence-electron chi connectivity index (χ3n) is 3.33. The second kappa shape index (κ2) is 6.42. The van der Waals surface area contributed by atoms with Crippen LogP contribution >= 0.6 is 15.9 Å². The number of aromatic nitrogens is 2. The quantitative estimate of drug-likeness (QED) is 0.644. The zero-order chi connectivity index (χ0) is 16.4. The Morgan fingerprint density at radius 3 is 2.61 bits per heavy atom. The summed E-state index contributed by atoms with van der Waals surface area (Å²) in [6.45, 7) is 1.78. The lowest BCUT2D eigenvalue weighted by atomic mass is 10.2. The van der Waals surface area contributed by atoms with E-state index in [1.807, 2.05) is 24.3 Å². The summed E-state index contributed by atoms with van der Waals surface area (Å²) >= 11 is 3.21. The van der Waals surface area contributed by atoms with Crippen molar-refractivity contribution in [2.45, 2.75) is 13.5 Å². The number of hydrogen-bond acceptors (Lipinski definition) is 4. The number of ether oxygens (including phenoxy) is 1. The molecule has 0 radical (unpaired) electrons. The maximum atomic E-state index is 13.3. The Hall–Kier alpha value is -2.34. The van der Waals surface area contributed by atoms with Gasteiger partial charge >= 0.3 is 5.97 Å². The summed E-state index contributed by atoms with van der Waals surface area (Å²) in [7, 11) is 0. The molecule has 6 heteroatoms. The van der Waals surface area contributed by atoms with Gasteiger partial charge in [0.25, 0.3) is 0 Å². The summed E-state index contributed by atoms with van der Waals surface area (Å²) in [5.74, 6) is -1.12. The van der Waals surface area contributed by atoms with Gasteiger partial charge in [-0.1, -0.05) is 12.1 Å². The van der Waals surface area contributed by atoms with Crippen LogP contribution in [0.5, 0.6) is 0 Å². The highest BCUT2D eigenvalue weighted by Gasteiger charge is 2.14. The first-order valence-corrected chi connectivity index (χ1v) is 7.68. The largest absolute Gasteiger partial charge is 0.455 e. The number of fused-ring (bicyclic) bond motifs is 1. The van der Waals surface area contributed by atoms with Gasteiger partial charge in [0.05, 0.1) is 28.0 Å². The van der Waals surface area contributed by atoms with Crippen LogP contribution in [0.4, 0.5) is 4.39 Å². The first-order valence-electron chi connectivity index (χ1n) is 6.89. The van der Waals surface area contributed by atoms with E-state index < -0.39 is 11.8 Å². The minimum atomic E-state index is -0.620. The van der Waals surface area contributed by atoms with Crippen molar-refractivity contribution in [1.82, 2.24) is 9.97 Å². The summed E-state index contributed by atoms with van der Waals surface area (Å²) in [4.78, 5) is 21.0. The fourth-order valence-electron chi connectivity index (χ4n) is 2.13. The molecular formula is C17H12BrFN2O2. The predicted octanol–water partition coefficient (Wildman–Crippen LogP) is 4.20. The van der Waals surface area contributed by atoms with Crippen molar-refractivity contribution in [3.63, 3.8) is 0 Å². The molecule has 3 rings (SSSR count). The Balaban J connectivity index is 1.81. The Labute approximate surface area is 140 Å². The fraction of sp³-hybridized carbons (Fsp3) is 0.118. The fourth-order valence-corrected chi connectivity index (χ4v) is 2.54. The van der Waals surface area contributed by atoms with E-state index in [9.17, 15) is 9.18 Å². The Bertz CT molecular complexity index is 899. The summed E-state index contributed by atoms with van der Waals surface area (Å²) in [6.07, 6.45) is 0. The van der Waals surface area contributed by atoms with E-state index in [4.69, 9.17) is 4.74 Å². The van der Waals surface area contributed by atoms with E-state index in [1.165, 1.54) is 12.1 Å². The van der Waals surface area contributed by atoms with Crippen molar-refractivity contribution in [2.75, 3.05) is 0 Å². The Morgan fingerprint density at radius 1 is 1.17 bits per heavy atom. The second-order valence-corrected chi connectivity index (χ2v) is 5.80. The molecule has 0 saturated heterocycles. The maximum Gasteiger partial charge on any atom is 0.339 e. The molecule has 23 heavy (non-hydrogen) atoms. The van der Waals surface area contributed by atoms with Crippen molar-refractivity contribution in [3.05, 3.63) is 69.7 Å². The van der Waals surface area contributed by atoms with Gasteiger partial charge in [0.1, 0.15) is 12.4 Å². The molecule has 0 bridgehead atoms. The van der Waals surface area contributed by atoms with E-state index in [-0.39, 0.29) is 12.2 Å². The SMILES string of the molecule is Cc1nc2ccccc2nc1COC(=O)c1cc(F)ccc1Br. The van der Waals surface area contributed by atoms with E-state index >= 15 is 0 Å². The summed E-state index contributed by atoms with van der Waals surface area (Å²) in [5, 5.41) is 0. The molecule has 0 atom stereocenters. The number of aryl methyl sites for hydroxylation is 1. The summed E-state index contributed by atoms with van der Waals surface area (Å²) in [5.41, 5.74) is 2.92. The van der Waals surface area contributed by atoms with Crippen molar-refractivity contribution in [2.24, 2.45) is 0 Å². The van der Waals surface area contributed by atoms with Crippen LogP contribution in [-0.4, -0.2) is 15.9 Å². The van der Waals surface area contributed by atoms with E-state index in [0.717, 1.165) is 17.1 Å². The van der Waals surface area contributed by atoms with Crippen LogP contribution in [0.2, 0.25) is 0 Å². The Kier molecular flexibility index (Phi) is 4.34. The van der Waals surface area contributed by atoms with Crippen molar-refractivity contribution in [1.29, 1.82) is 0 Å². The molecule has 0 amide bonds. The zero-order valence-electron chi connectivity index (χ0n) is 12.2. The summed E-state index contributed by atoms with van der Waals surface area (Å²) < 4.78 is 19.0. The smallest absolute Gasteiger partial charge is 0.339 e. The minimum absolute atomic E-state index is 0.0224. The number of carbonyl (C=O) groups excluding carboxylic acids is 1. The van der Waals surface area contributed by atoms with Gasteiger partial charge in [-0.3, -0.25) is 0 Å². The number of para-hydroxylation sites is 2. The van der Waals surface area contributed by atoms with Gasteiger partial charge in [0.2, 0.25) is 0 Å². The number of halogens is 2. The first kappa shape index (κ1) is 15.6. The molecule has 2 aromatic carbocycles. The lowest BCUT2D eigenvalue weighted by Crippen LogP contribution is -2.09. The molecule has 0 saturated carbocycles. The minimum Gasteiger partial charge on any atom is -0.455 e. The van der Waals surface area contributed by atoms with Crippen LogP contribution < -0.4 is 0 Å². The van der Waals surface area contributed by atoms with Crippen LogP contribution in [0.1, 0.15) is 21.7 Å². The monoisotopic (exact) mass is 374 g/mol. The van der Waals surface area contributed by atoms with Crippen LogP contribution in [0.25, 0.3) is 11.0 Å². The van der Waals surface area contributed by atoms with Crippen LogP contribution in [0, 0.1) is 12.7 Å². The Morgan fingerprint density at radius 2 is 1.87 bits per heavy atom. The highest BCUT2D eigenvalue weighted by Crippen LogP contribution is 2.20. The molecule has 0 aliphatic rings. The standard InChI is InChI=1S/C17H12BrFN2O2/c1-10-16(21-15-5-3-2-4-14(15)20-10)9-23-17(22)12-8-11(19)6-7-13(12)18/h2-8H,9H2,1H3. The van der Waals surface area contributed by atoms with Gasteiger partial charge in [0, 0.05) is 4.47 Å². The number of hydrogen-bond donors (Lipinski definition) is 0. The van der Waals surface area contributed by atoms with Gasteiger partial charge in [0.15, 0.2) is 0 Å². The first-order chi connectivity index (χ1) is 11.0. The molecule has 0 aliphatic carbocycles. The van der Waals surface area contributed by atoms with Crippen LogP contribution in [0.3, 0.4) is 0 Å². The highest BCUT2D eigenvalue weighted by molar-refractivity contribution is 9.10. The van der Waals surface area contributed by atoms with E-state index in [2.05, 4.69) is 25.9 Å². The normalized spacial score (nSPS) is 10.7. The zero-order valence-corrected chi connectivity index (χ0v) is 13.8. The maximum absolute atomic E-state index is 13.3. The van der Waals surface area contributed by atoms with Gasteiger partial charge in [-0.25, -0.2) is 19.2 Å². The van der Waals surface area contributed by atoms with E-state index in [0.29, 0.717) is 15.9 Å². The molecule has 0 spiro atoms. The third-order valence-corrected chi connectivity index (χ3v) is 4.02. The molecule has 1 heterocycles. The molecule has 116 valence electrons. The number of benzene rings is 2. The average molecular weight is 375 g/mol. The molecule has 1 aromatic heterocycles. The lowest BCUT2D eigenvalue weighted by molar-refractivity contribution is 0.0465. The highest BCUT2D eigenvalue weighted by atomic mass is 79.9. The van der Waals surface area contributed by atoms with Gasteiger partial charge < -0.3 is 4.74 Å². The molecule has 0 unspecified atom stereocenters. The van der Waals surface area contributed by atoms with Crippen LogP contribution in [-0.2, 0) is 11.3 Å². The lowest BCUT2D eigenvalue weighted by Gasteiger charge is -2.09. The van der Waals surface area contributed by atoms with Crippen LogP contribution in [0.15, 0.2) is 46.9 Å². The van der Waals surface area contributed by atoms with Crippen molar-refractivity contribution >= 4 is 32.9 Å². The molecule has 4 nitrogen and oxygen atoms in total. The van der Waals surface area contributed by atoms with Gasteiger partial charge in [-0.15, -0.1) is 0 Å². The van der Waals surface area contributed by atoms with Crippen molar-refractivity contribution < 1.29 is 13.9 Å². The second-order valence-electron chi connectivity index (χ2n) is 4.94. The van der Waals surface area contributed by atoms with Crippen molar-refractivity contribution in [3.8, 4) is 0 Å². The topological polar surface area (TPSA) is 52.1 Å². The molecular weight excluding hydrogens is 363 g/mol. The number of rotatable bonds is 3.